The average molecular weight is 283 g/mol. The van der Waals surface area contributed by atoms with Crippen molar-refractivity contribution in [2.75, 3.05) is 6.61 Å². The molecule has 5 heteroatoms. The second kappa shape index (κ2) is 6.71. The highest BCUT2D eigenvalue weighted by Gasteiger charge is 2.04. The first-order valence-corrected chi connectivity index (χ1v) is 6.79. The van der Waals surface area contributed by atoms with Gasteiger partial charge in [-0.1, -0.05) is 12.1 Å². The van der Waals surface area contributed by atoms with Crippen molar-refractivity contribution in [3.8, 4) is 11.8 Å². The van der Waals surface area contributed by atoms with Crippen LogP contribution in [0.4, 0.5) is 0 Å². The van der Waals surface area contributed by atoms with E-state index in [1.165, 1.54) is 0 Å². The summed E-state index contributed by atoms with van der Waals surface area (Å²) in [5.41, 5.74) is 1.91. The van der Waals surface area contributed by atoms with Gasteiger partial charge in [-0.2, -0.15) is 10.2 Å². The minimum Gasteiger partial charge on any atom is -0.492 e. The zero-order valence-electron chi connectivity index (χ0n) is 12.2. The van der Waals surface area contributed by atoms with Gasteiger partial charge in [0, 0.05) is 17.9 Å². The number of para-hydroxylation sites is 1. The van der Waals surface area contributed by atoms with Crippen molar-refractivity contribution in [2.24, 2.45) is 0 Å². The number of ether oxygens (including phenoxy) is 1. The average Bonchev–Trinajstić information content (AvgIpc) is 2.45. The molecule has 0 aliphatic heterocycles. The first-order chi connectivity index (χ1) is 10.1. The van der Waals surface area contributed by atoms with E-state index >= 15 is 0 Å². The quantitative estimate of drug-likeness (QED) is 0.789. The van der Waals surface area contributed by atoms with Crippen LogP contribution in [0.5, 0.6) is 5.75 Å². The van der Waals surface area contributed by atoms with E-state index in [2.05, 4.69) is 11.1 Å². The van der Waals surface area contributed by atoms with Crippen LogP contribution in [-0.2, 0) is 6.54 Å². The van der Waals surface area contributed by atoms with Gasteiger partial charge in [0.15, 0.2) is 0 Å². The fraction of sp³-hybridized carbons (Fsp3) is 0.312. The molecule has 0 saturated heterocycles. The summed E-state index contributed by atoms with van der Waals surface area (Å²) in [6.07, 6.45) is 0.672. The summed E-state index contributed by atoms with van der Waals surface area (Å²) >= 11 is 0. The number of nitrogens with zero attached hydrogens (tertiary/aromatic N) is 3. The maximum atomic E-state index is 11.8. The zero-order valence-corrected chi connectivity index (χ0v) is 12.2. The lowest BCUT2D eigenvalue weighted by Gasteiger charge is -2.11. The monoisotopic (exact) mass is 283 g/mol. The second-order valence-electron chi connectivity index (χ2n) is 4.78. The fourth-order valence-electron chi connectivity index (χ4n) is 2.14. The smallest absolute Gasteiger partial charge is 0.347 e. The molecule has 0 aliphatic carbocycles. The zero-order chi connectivity index (χ0) is 15.2. The van der Waals surface area contributed by atoms with E-state index < -0.39 is 0 Å². The fourth-order valence-corrected chi connectivity index (χ4v) is 2.14. The van der Waals surface area contributed by atoms with Crippen molar-refractivity contribution < 1.29 is 4.74 Å². The van der Waals surface area contributed by atoms with Crippen molar-refractivity contribution in [3.63, 3.8) is 0 Å². The van der Waals surface area contributed by atoms with Crippen molar-refractivity contribution in [1.82, 2.24) is 9.55 Å². The molecule has 0 fully saturated rings. The molecular formula is C16H17N3O2. The number of hydrogen-bond acceptors (Lipinski definition) is 4. The Hall–Kier alpha value is -2.61. The molecule has 1 heterocycles. The molecule has 0 bridgehead atoms. The lowest BCUT2D eigenvalue weighted by molar-refractivity contribution is 0.299. The van der Waals surface area contributed by atoms with E-state index in [0.29, 0.717) is 30.9 Å². The largest absolute Gasteiger partial charge is 0.492 e. The molecule has 108 valence electrons. The third-order valence-corrected chi connectivity index (χ3v) is 3.14. The molecular weight excluding hydrogens is 266 g/mol. The highest BCUT2D eigenvalue weighted by atomic mass is 16.5. The standard InChI is InChI=1S/C16H17N3O2/c1-12-10-13(2)19(16(20)18-12)8-5-9-21-15-7-4-3-6-14(15)11-17/h3-4,6-7,10H,5,8-9H2,1-2H3. The van der Waals surface area contributed by atoms with Crippen LogP contribution < -0.4 is 10.4 Å². The molecule has 0 spiro atoms. The summed E-state index contributed by atoms with van der Waals surface area (Å²) < 4.78 is 7.23. The van der Waals surface area contributed by atoms with E-state index in [-0.39, 0.29) is 5.69 Å². The van der Waals surface area contributed by atoms with Gasteiger partial charge in [-0.3, -0.25) is 4.57 Å². The van der Waals surface area contributed by atoms with Gasteiger partial charge >= 0.3 is 5.69 Å². The molecule has 0 atom stereocenters. The molecule has 2 aromatic rings. The van der Waals surface area contributed by atoms with Crippen molar-refractivity contribution >= 4 is 0 Å². The van der Waals surface area contributed by atoms with Crippen molar-refractivity contribution in [3.05, 3.63) is 57.8 Å². The van der Waals surface area contributed by atoms with Crippen LogP contribution in [0.15, 0.2) is 35.1 Å². The first kappa shape index (κ1) is 14.8. The van der Waals surface area contributed by atoms with Gasteiger partial charge in [-0.15, -0.1) is 0 Å². The highest BCUT2D eigenvalue weighted by Crippen LogP contribution is 2.16. The Bertz CT molecular complexity index is 729. The highest BCUT2D eigenvalue weighted by molar-refractivity contribution is 5.42. The van der Waals surface area contributed by atoms with Crippen LogP contribution in [-0.4, -0.2) is 16.2 Å². The molecule has 2 rings (SSSR count). The van der Waals surface area contributed by atoms with Crippen LogP contribution in [0.2, 0.25) is 0 Å². The summed E-state index contributed by atoms with van der Waals surface area (Å²) in [6.45, 7) is 4.69. The predicted octanol–water partition coefficient (Wildman–Crippen LogP) is 2.20. The molecule has 1 aromatic heterocycles. The molecule has 21 heavy (non-hydrogen) atoms. The number of benzene rings is 1. The molecule has 0 radical (unpaired) electrons. The minimum absolute atomic E-state index is 0.232. The number of hydrogen-bond donors (Lipinski definition) is 0. The van der Waals surface area contributed by atoms with Crippen LogP contribution in [0, 0.1) is 25.2 Å². The molecule has 0 amide bonds. The van der Waals surface area contributed by atoms with Gasteiger partial charge in [0.05, 0.1) is 12.2 Å². The maximum Gasteiger partial charge on any atom is 0.347 e. The van der Waals surface area contributed by atoms with Gasteiger partial charge in [-0.05, 0) is 38.5 Å². The third kappa shape index (κ3) is 3.69. The summed E-state index contributed by atoms with van der Waals surface area (Å²) in [5, 5.41) is 8.97. The lowest BCUT2D eigenvalue weighted by Crippen LogP contribution is -2.26. The van der Waals surface area contributed by atoms with Gasteiger partial charge in [-0.25, -0.2) is 4.79 Å². The van der Waals surface area contributed by atoms with E-state index in [4.69, 9.17) is 10.00 Å². The third-order valence-electron chi connectivity index (χ3n) is 3.14. The normalized spacial score (nSPS) is 10.1. The van der Waals surface area contributed by atoms with Gasteiger partial charge < -0.3 is 4.74 Å². The van der Waals surface area contributed by atoms with E-state index in [0.717, 1.165) is 11.4 Å². The summed E-state index contributed by atoms with van der Waals surface area (Å²) in [6, 6.07) is 11.1. The molecule has 0 aliphatic rings. The molecule has 0 N–H and O–H groups in total. The Morgan fingerprint density at radius 3 is 2.81 bits per heavy atom. The number of aryl methyl sites for hydroxylation is 2. The minimum atomic E-state index is -0.232. The number of nitriles is 1. The Balaban J connectivity index is 1.94. The van der Waals surface area contributed by atoms with Crippen molar-refractivity contribution in [2.45, 2.75) is 26.8 Å². The van der Waals surface area contributed by atoms with Crippen LogP contribution in [0.3, 0.4) is 0 Å². The van der Waals surface area contributed by atoms with Crippen molar-refractivity contribution in [1.29, 1.82) is 5.26 Å². The van der Waals surface area contributed by atoms with Crippen LogP contribution in [0.1, 0.15) is 23.4 Å². The van der Waals surface area contributed by atoms with E-state index in [9.17, 15) is 4.79 Å². The SMILES string of the molecule is Cc1cc(C)n(CCCOc2ccccc2C#N)c(=O)n1. The number of aromatic nitrogens is 2. The molecule has 5 nitrogen and oxygen atoms in total. The van der Waals surface area contributed by atoms with Gasteiger partial charge in [0.2, 0.25) is 0 Å². The molecule has 1 aromatic carbocycles. The van der Waals surface area contributed by atoms with E-state index in [1.54, 1.807) is 29.7 Å². The molecule has 0 unspecified atom stereocenters. The first-order valence-electron chi connectivity index (χ1n) is 6.79. The Morgan fingerprint density at radius 1 is 1.33 bits per heavy atom. The summed E-state index contributed by atoms with van der Waals surface area (Å²) in [5.74, 6) is 0.575. The summed E-state index contributed by atoms with van der Waals surface area (Å²) in [4.78, 5) is 15.7. The summed E-state index contributed by atoms with van der Waals surface area (Å²) in [7, 11) is 0. The second-order valence-corrected chi connectivity index (χ2v) is 4.78. The molecule has 0 saturated carbocycles. The van der Waals surface area contributed by atoms with Crippen LogP contribution >= 0.6 is 0 Å². The maximum absolute atomic E-state index is 11.8. The Labute approximate surface area is 123 Å². The topological polar surface area (TPSA) is 67.9 Å². The predicted molar refractivity (Wildman–Crippen MR) is 79.2 cm³/mol. The van der Waals surface area contributed by atoms with Gasteiger partial charge in [0.25, 0.3) is 0 Å². The van der Waals surface area contributed by atoms with Gasteiger partial charge in [0.1, 0.15) is 11.8 Å². The van der Waals surface area contributed by atoms with Crippen LogP contribution in [0.25, 0.3) is 0 Å². The van der Waals surface area contributed by atoms with E-state index in [1.807, 2.05) is 19.1 Å². The Kier molecular flexibility index (Phi) is 4.72. The number of rotatable bonds is 5. The Morgan fingerprint density at radius 2 is 2.10 bits per heavy atom. The lowest BCUT2D eigenvalue weighted by atomic mass is 10.2.